The third-order valence-electron chi connectivity index (χ3n) is 6.42. The number of carbonyl (C=O) groups excluding carboxylic acids is 1. The molecule has 0 spiro atoms. The van der Waals surface area contributed by atoms with Gasteiger partial charge in [-0.05, 0) is 34.9 Å². The van der Waals surface area contributed by atoms with Gasteiger partial charge in [-0.25, -0.2) is 9.59 Å². The number of carboxylic acids is 1. The Hall–Kier alpha value is -5.36. The number of ether oxygens (including phenoxy) is 3. The molecule has 1 N–H and O–H groups in total. The van der Waals surface area contributed by atoms with Crippen LogP contribution in [0.3, 0.4) is 0 Å². The molecule has 0 radical (unpaired) electrons. The fourth-order valence-corrected chi connectivity index (χ4v) is 4.36. The first-order valence-electron chi connectivity index (χ1n) is 13.1. The van der Waals surface area contributed by atoms with E-state index >= 15 is 0 Å². The molecule has 5 aromatic rings. The molecule has 0 unspecified atom stereocenters. The molecular formula is C35H28O6. The molecule has 0 saturated heterocycles. The monoisotopic (exact) mass is 544 g/mol. The Morgan fingerprint density at radius 2 is 1.00 bits per heavy atom. The van der Waals surface area contributed by atoms with Crippen molar-refractivity contribution >= 4 is 11.9 Å². The van der Waals surface area contributed by atoms with Gasteiger partial charge in [0.25, 0.3) is 0 Å². The van der Waals surface area contributed by atoms with Crippen molar-refractivity contribution in [2.75, 3.05) is 0 Å². The summed E-state index contributed by atoms with van der Waals surface area (Å²) < 4.78 is 18.1. The van der Waals surface area contributed by atoms with Crippen molar-refractivity contribution in [1.29, 1.82) is 0 Å². The molecule has 0 bridgehead atoms. The first-order chi connectivity index (χ1) is 20.1. The third kappa shape index (κ3) is 6.99. The van der Waals surface area contributed by atoms with E-state index in [4.69, 9.17) is 14.2 Å². The van der Waals surface area contributed by atoms with Gasteiger partial charge in [-0.1, -0.05) is 109 Å². The van der Waals surface area contributed by atoms with Crippen LogP contribution in [0.4, 0.5) is 0 Å². The van der Waals surface area contributed by atoms with Gasteiger partial charge >= 0.3 is 11.9 Å². The summed E-state index contributed by atoms with van der Waals surface area (Å²) in [5.74, 6) is -1.09. The highest BCUT2D eigenvalue weighted by atomic mass is 16.5. The van der Waals surface area contributed by atoms with Gasteiger partial charge in [0.2, 0.25) is 0 Å². The molecule has 0 aliphatic heterocycles. The zero-order chi connectivity index (χ0) is 28.4. The molecule has 0 saturated carbocycles. The molecule has 5 aromatic carbocycles. The zero-order valence-corrected chi connectivity index (χ0v) is 22.2. The maximum absolute atomic E-state index is 13.4. The summed E-state index contributed by atoms with van der Waals surface area (Å²) in [6, 6.07) is 38.5. The lowest BCUT2D eigenvalue weighted by molar-refractivity contribution is 0.0473. The quantitative estimate of drug-likeness (QED) is 0.173. The van der Waals surface area contributed by atoms with E-state index in [1.54, 1.807) is 24.3 Å². The Labute approximate surface area is 238 Å². The van der Waals surface area contributed by atoms with E-state index in [0.29, 0.717) is 16.7 Å². The molecule has 204 valence electrons. The van der Waals surface area contributed by atoms with Crippen LogP contribution in [0, 0.1) is 0 Å². The van der Waals surface area contributed by atoms with E-state index in [1.165, 1.54) is 12.1 Å². The SMILES string of the molecule is O=C(O)c1cc(OCc2ccccc2)c(-c2ccccc2C(=O)OCc2ccccc2)c(OCc2ccccc2)c1. The molecular weight excluding hydrogens is 516 g/mol. The number of esters is 1. The molecule has 6 heteroatoms. The summed E-state index contributed by atoms with van der Waals surface area (Å²) in [7, 11) is 0. The molecule has 0 heterocycles. The maximum Gasteiger partial charge on any atom is 0.339 e. The van der Waals surface area contributed by atoms with E-state index < -0.39 is 11.9 Å². The molecule has 5 rings (SSSR count). The van der Waals surface area contributed by atoms with Gasteiger partial charge in [-0.2, -0.15) is 0 Å². The zero-order valence-electron chi connectivity index (χ0n) is 22.2. The molecule has 0 amide bonds. The minimum absolute atomic E-state index is 0.00371. The lowest BCUT2D eigenvalue weighted by Gasteiger charge is -2.20. The van der Waals surface area contributed by atoms with Gasteiger partial charge in [-0.15, -0.1) is 0 Å². The second-order valence-electron chi connectivity index (χ2n) is 9.31. The van der Waals surface area contributed by atoms with Gasteiger partial charge in [0.1, 0.15) is 31.3 Å². The summed E-state index contributed by atoms with van der Waals surface area (Å²) in [4.78, 5) is 25.5. The predicted molar refractivity (Wildman–Crippen MR) is 156 cm³/mol. The summed E-state index contributed by atoms with van der Waals surface area (Å²) in [5, 5.41) is 9.90. The van der Waals surface area contributed by atoms with Crippen LogP contribution in [0.25, 0.3) is 11.1 Å². The maximum atomic E-state index is 13.4. The van der Waals surface area contributed by atoms with Crippen LogP contribution in [-0.4, -0.2) is 17.0 Å². The molecule has 0 aliphatic rings. The molecule has 0 fully saturated rings. The Bertz CT molecular complexity index is 1550. The standard InChI is InChI=1S/C35H28O6/c36-34(37)28-20-31(39-22-25-12-4-1-5-13-25)33(32(21-28)40-23-26-14-6-2-7-15-26)29-18-10-11-19-30(29)35(38)41-24-27-16-8-3-9-17-27/h1-21H,22-24H2,(H,36,37). The van der Waals surface area contributed by atoms with Crippen molar-refractivity contribution in [3.63, 3.8) is 0 Å². The highest BCUT2D eigenvalue weighted by Crippen LogP contribution is 2.42. The Balaban J connectivity index is 1.57. The van der Waals surface area contributed by atoms with Crippen LogP contribution in [0.5, 0.6) is 11.5 Å². The van der Waals surface area contributed by atoms with E-state index in [1.807, 2.05) is 91.0 Å². The van der Waals surface area contributed by atoms with E-state index in [-0.39, 0.29) is 36.9 Å². The van der Waals surface area contributed by atoms with Crippen molar-refractivity contribution in [2.24, 2.45) is 0 Å². The Morgan fingerprint density at radius 1 is 0.561 bits per heavy atom. The van der Waals surface area contributed by atoms with E-state index in [0.717, 1.165) is 16.7 Å². The number of carbonyl (C=O) groups is 2. The van der Waals surface area contributed by atoms with Crippen molar-refractivity contribution in [3.05, 3.63) is 155 Å². The van der Waals surface area contributed by atoms with Crippen molar-refractivity contribution in [2.45, 2.75) is 19.8 Å². The van der Waals surface area contributed by atoms with Crippen LogP contribution in [0.15, 0.2) is 127 Å². The number of rotatable bonds is 11. The fraction of sp³-hybridized carbons (Fsp3) is 0.0857. The highest BCUT2D eigenvalue weighted by molar-refractivity contribution is 6.00. The predicted octanol–water partition coefficient (Wildman–Crippen LogP) is 7.57. The second kappa shape index (κ2) is 13.1. The van der Waals surface area contributed by atoms with Crippen LogP contribution >= 0.6 is 0 Å². The van der Waals surface area contributed by atoms with Gasteiger partial charge < -0.3 is 19.3 Å². The number of carboxylic acid groups (broad SMARTS) is 1. The van der Waals surface area contributed by atoms with Crippen LogP contribution in [0.1, 0.15) is 37.4 Å². The van der Waals surface area contributed by atoms with Gasteiger partial charge in [0.15, 0.2) is 0 Å². The number of benzene rings is 5. The van der Waals surface area contributed by atoms with Crippen LogP contribution < -0.4 is 9.47 Å². The molecule has 0 aliphatic carbocycles. The summed E-state index contributed by atoms with van der Waals surface area (Å²) in [5.41, 5.74) is 3.96. The van der Waals surface area contributed by atoms with Crippen molar-refractivity contribution in [1.82, 2.24) is 0 Å². The van der Waals surface area contributed by atoms with Crippen LogP contribution in [-0.2, 0) is 24.6 Å². The highest BCUT2D eigenvalue weighted by Gasteiger charge is 2.24. The Morgan fingerprint density at radius 3 is 1.49 bits per heavy atom. The number of hydrogen-bond acceptors (Lipinski definition) is 5. The normalized spacial score (nSPS) is 10.5. The molecule has 0 atom stereocenters. The lowest BCUT2D eigenvalue weighted by atomic mass is 9.96. The van der Waals surface area contributed by atoms with Gasteiger partial charge in [0.05, 0.1) is 16.7 Å². The minimum atomic E-state index is -1.12. The summed E-state index contributed by atoms with van der Waals surface area (Å²) in [6.45, 7) is 0.492. The van der Waals surface area contributed by atoms with Crippen LogP contribution in [0.2, 0.25) is 0 Å². The number of hydrogen-bond donors (Lipinski definition) is 1. The average Bonchev–Trinajstić information content (AvgIpc) is 3.03. The van der Waals surface area contributed by atoms with E-state index in [2.05, 4.69) is 0 Å². The largest absolute Gasteiger partial charge is 0.488 e. The van der Waals surface area contributed by atoms with Crippen molar-refractivity contribution in [3.8, 4) is 22.6 Å². The van der Waals surface area contributed by atoms with E-state index in [9.17, 15) is 14.7 Å². The lowest BCUT2D eigenvalue weighted by Crippen LogP contribution is -2.09. The number of aromatic carboxylic acids is 1. The summed E-state index contributed by atoms with van der Waals surface area (Å²) in [6.07, 6.45) is 0. The smallest absolute Gasteiger partial charge is 0.339 e. The third-order valence-corrected chi connectivity index (χ3v) is 6.42. The van der Waals surface area contributed by atoms with Gasteiger partial charge in [0, 0.05) is 5.56 Å². The van der Waals surface area contributed by atoms with Crippen molar-refractivity contribution < 1.29 is 28.9 Å². The topological polar surface area (TPSA) is 82.1 Å². The molecule has 6 nitrogen and oxygen atoms in total. The Kier molecular flexibility index (Phi) is 8.72. The average molecular weight is 545 g/mol. The molecule has 0 aromatic heterocycles. The fourth-order valence-electron chi connectivity index (χ4n) is 4.36. The minimum Gasteiger partial charge on any atom is -0.488 e. The summed E-state index contributed by atoms with van der Waals surface area (Å²) >= 11 is 0. The first kappa shape index (κ1) is 27.2. The first-order valence-corrected chi connectivity index (χ1v) is 13.1. The molecule has 41 heavy (non-hydrogen) atoms. The van der Waals surface area contributed by atoms with Gasteiger partial charge in [-0.3, -0.25) is 0 Å². The second-order valence-corrected chi connectivity index (χ2v) is 9.31.